The van der Waals surface area contributed by atoms with Crippen LogP contribution in [0.1, 0.15) is 38.5 Å². The van der Waals surface area contributed by atoms with Crippen LogP contribution in [-0.2, 0) is 0 Å². The number of hydrogen-bond acceptors (Lipinski definition) is 4. The minimum atomic E-state index is 0.631. The molecule has 1 saturated carbocycles. The summed E-state index contributed by atoms with van der Waals surface area (Å²) in [5.74, 6) is 1.53. The third kappa shape index (κ3) is 3.56. The molecule has 0 amide bonds. The maximum absolute atomic E-state index is 6.05. The van der Waals surface area contributed by atoms with Crippen LogP contribution in [0, 0.1) is 5.92 Å². The molecule has 1 aliphatic rings. The molecule has 1 aromatic carbocycles. The van der Waals surface area contributed by atoms with Crippen molar-refractivity contribution in [2.24, 2.45) is 5.92 Å². The average molecular weight is 301 g/mol. The summed E-state index contributed by atoms with van der Waals surface area (Å²) in [6, 6.07) is 10.3. The topological polar surface area (TPSA) is 50.9 Å². The summed E-state index contributed by atoms with van der Waals surface area (Å²) in [6.07, 6.45) is 8.30. The highest BCUT2D eigenvalue weighted by molar-refractivity contribution is 7.11. The number of nitrogens with one attached hydrogen (secondary N) is 1. The van der Waals surface area contributed by atoms with Crippen LogP contribution in [0.3, 0.4) is 0 Å². The monoisotopic (exact) mass is 301 g/mol. The lowest BCUT2D eigenvalue weighted by atomic mass is 9.87. The van der Waals surface area contributed by atoms with Crippen LogP contribution < -0.4 is 11.1 Å². The number of aromatic nitrogens is 1. The van der Waals surface area contributed by atoms with Crippen LogP contribution >= 0.6 is 11.5 Å². The molecule has 0 saturated heterocycles. The molecule has 0 aliphatic heterocycles. The summed E-state index contributed by atoms with van der Waals surface area (Å²) in [4.78, 5) is 0. The lowest BCUT2D eigenvalue weighted by molar-refractivity contribution is 0.345. The van der Waals surface area contributed by atoms with E-state index in [2.05, 4.69) is 21.8 Å². The zero-order valence-corrected chi connectivity index (χ0v) is 13.2. The van der Waals surface area contributed by atoms with Crippen LogP contribution in [0.15, 0.2) is 30.3 Å². The molecule has 1 aliphatic carbocycles. The highest BCUT2D eigenvalue weighted by Crippen LogP contribution is 2.36. The first-order valence-corrected chi connectivity index (χ1v) is 8.66. The van der Waals surface area contributed by atoms with Gasteiger partial charge in [0.15, 0.2) is 0 Å². The molecule has 3 nitrogen and oxygen atoms in total. The Morgan fingerprint density at radius 1 is 1.14 bits per heavy atom. The molecule has 1 aromatic heterocycles. The summed E-state index contributed by atoms with van der Waals surface area (Å²) in [5.41, 5.74) is 8.25. The first-order valence-electron chi connectivity index (χ1n) is 7.89. The van der Waals surface area contributed by atoms with E-state index in [9.17, 15) is 0 Å². The lowest BCUT2D eigenvalue weighted by Crippen LogP contribution is -2.12. The second kappa shape index (κ2) is 6.94. The zero-order chi connectivity index (χ0) is 14.5. The summed E-state index contributed by atoms with van der Waals surface area (Å²) in [5, 5.41) is 4.66. The highest BCUT2D eigenvalue weighted by atomic mass is 32.1. The number of nitrogens with two attached hydrogens (primary N) is 1. The SMILES string of the molecule is Nc1nsc(NCCC2CCCCC2)c1-c1ccccc1. The van der Waals surface area contributed by atoms with Crippen molar-refractivity contribution in [2.75, 3.05) is 17.6 Å². The number of hydrogen-bond donors (Lipinski definition) is 2. The number of nitrogens with zero attached hydrogens (tertiary/aromatic N) is 1. The molecule has 0 unspecified atom stereocenters. The van der Waals surface area contributed by atoms with Gasteiger partial charge in [-0.1, -0.05) is 62.4 Å². The molecule has 2 aromatic rings. The Kier molecular flexibility index (Phi) is 4.76. The summed E-state index contributed by atoms with van der Waals surface area (Å²) in [6.45, 7) is 1.02. The molecular formula is C17H23N3S. The second-order valence-corrected chi connectivity index (χ2v) is 6.63. The van der Waals surface area contributed by atoms with Crippen molar-refractivity contribution in [2.45, 2.75) is 38.5 Å². The van der Waals surface area contributed by atoms with Gasteiger partial charge in [-0.05, 0) is 29.4 Å². The highest BCUT2D eigenvalue weighted by Gasteiger charge is 2.15. The van der Waals surface area contributed by atoms with E-state index in [0.29, 0.717) is 5.82 Å². The normalized spacial score (nSPS) is 16.0. The van der Waals surface area contributed by atoms with Crippen LogP contribution in [0.4, 0.5) is 10.8 Å². The third-order valence-corrected chi connectivity index (χ3v) is 5.16. The van der Waals surface area contributed by atoms with Crippen LogP contribution in [-0.4, -0.2) is 10.9 Å². The average Bonchev–Trinajstić information content (AvgIpc) is 2.90. The molecule has 1 fully saturated rings. The van der Waals surface area contributed by atoms with Crippen molar-refractivity contribution in [3.8, 4) is 11.1 Å². The molecule has 0 bridgehead atoms. The fraction of sp³-hybridized carbons (Fsp3) is 0.471. The molecule has 3 rings (SSSR count). The predicted molar refractivity (Wildman–Crippen MR) is 91.6 cm³/mol. The van der Waals surface area contributed by atoms with Gasteiger partial charge >= 0.3 is 0 Å². The van der Waals surface area contributed by atoms with Crippen molar-refractivity contribution >= 4 is 22.4 Å². The smallest absolute Gasteiger partial charge is 0.147 e. The second-order valence-electron chi connectivity index (χ2n) is 5.86. The van der Waals surface area contributed by atoms with Crippen LogP contribution in [0.5, 0.6) is 0 Å². The molecule has 0 radical (unpaired) electrons. The first-order chi connectivity index (χ1) is 10.3. The number of rotatable bonds is 5. The fourth-order valence-corrected chi connectivity index (χ4v) is 3.93. The minimum Gasteiger partial charge on any atom is -0.382 e. The molecule has 3 N–H and O–H groups in total. The molecule has 4 heteroatoms. The fourth-order valence-electron chi connectivity index (χ4n) is 3.17. The van der Waals surface area contributed by atoms with Gasteiger partial charge in [0.1, 0.15) is 10.8 Å². The molecule has 21 heavy (non-hydrogen) atoms. The van der Waals surface area contributed by atoms with Gasteiger partial charge in [-0.15, -0.1) is 0 Å². The van der Waals surface area contributed by atoms with E-state index in [-0.39, 0.29) is 0 Å². The Labute approximate surface area is 130 Å². The number of nitrogen functional groups attached to an aromatic ring is 1. The Morgan fingerprint density at radius 3 is 2.67 bits per heavy atom. The Bertz CT molecular complexity index is 559. The van der Waals surface area contributed by atoms with E-state index >= 15 is 0 Å². The van der Waals surface area contributed by atoms with Crippen LogP contribution in [0.2, 0.25) is 0 Å². The van der Waals surface area contributed by atoms with Crippen molar-refractivity contribution in [3.63, 3.8) is 0 Å². The maximum atomic E-state index is 6.05. The van der Waals surface area contributed by atoms with Gasteiger partial charge < -0.3 is 11.1 Å². The maximum Gasteiger partial charge on any atom is 0.147 e. The standard InChI is InChI=1S/C17H23N3S/c18-16-15(14-9-5-2-6-10-14)17(21-20-16)19-12-11-13-7-3-1-4-8-13/h2,5-6,9-10,13,19H,1,3-4,7-8,11-12H2,(H2,18,20). The minimum absolute atomic E-state index is 0.631. The van der Waals surface area contributed by atoms with Crippen molar-refractivity contribution < 1.29 is 0 Å². The Hall–Kier alpha value is -1.55. The van der Waals surface area contributed by atoms with E-state index in [1.54, 1.807) is 0 Å². The first kappa shape index (κ1) is 14.4. The molecule has 112 valence electrons. The van der Waals surface area contributed by atoms with E-state index in [1.165, 1.54) is 50.1 Å². The van der Waals surface area contributed by atoms with Crippen molar-refractivity contribution in [3.05, 3.63) is 30.3 Å². The summed E-state index contributed by atoms with van der Waals surface area (Å²) in [7, 11) is 0. The number of anilines is 2. The summed E-state index contributed by atoms with van der Waals surface area (Å²) >= 11 is 1.47. The molecular weight excluding hydrogens is 278 g/mol. The zero-order valence-electron chi connectivity index (χ0n) is 12.3. The van der Waals surface area contributed by atoms with Gasteiger partial charge in [0, 0.05) is 6.54 Å². The third-order valence-electron chi connectivity index (χ3n) is 4.34. The van der Waals surface area contributed by atoms with Crippen molar-refractivity contribution in [1.29, 1.82) is 0 Å². The molecule has 0 spiro atoms. The Morgan fingerprint density at radius 2 is 1.90 bits per heavy atom. The van der Waals surface area contributed by atoms with E-state index < -0.39 is 0 Å². The van der Waals surface area contributed by atoms with Gasteiger partial charge in [-0.3, -0.25) is 0 Å². The summed E-state index contributed by atoms with van der Waals surface area (Å²) < 4.78 is 4.32. The van der Waals surface area contributed by atoms with Gasteiger partial charge in [0.2, 0.25) is 0 Å². The van der Waals surface area contributed by atoms with E-state index in [4.69, 9.17) is 5.73 Å². The quantitative estimate of drug-likeness (QED) is 0.836. The lowest BCUT2D eigenvalue weighted by Gasteiger charge is -2.21. The van der Waals surface area contributed by atoms with Gasteiger partial charge in [-0.2, -0.15) is 4.37 Å². The van der Waals surface area contributed by atoms with E-state index in [0.717, 1.165) is 28.6 Å². The van der Waals surface area contributed by atoms with Gasteiger partial charge in [0.05, 0.1) is 5.56 Å². The largest absolute Gasteiger partial charge is 0.382 e. The van der Waals surface area contributed by atoms with Gasteiger partial charge in [0.25, 0.3) is 0 Å². The van der Waals surface area contributed by atoms with Crippen LogP contribution in [0.25, 0.3) is 11.1 Å². The van der Waals surface area contributed by atoms with Crippen molar-refractivity contribution in [1.82, 2.24) is 4.37 Å². The molecule has 0 atom stereocenters. The predicted octanol–water partition coefficient (Wildman–Crippen LogP) is 4.77. The van der Waals surface area contributed by atoms with E-state index in [1.807, 2.05) is 18.2 Å². The number of benzene rings is 1. The molecule has 1 heterocycles. The van der Waals surface area contributed by atoms with Gasteiger partial charge in [-0.25, -0.2) is 0 Å². The Balaban J connectivity index is 1.63.